The van der Waals surface area contributed by atoms with Crippen molar-refractivity contribution < 1.29 is 17.9 Å². The van der Waals surface area contributed by atoms with Crippen LogP contribution >= 0.6 is 34.8 Å². The topological polar surface area (TPSA) is 9.23 Å². The van der Waals surface area contributed by atoms with Gasteiger partial charge in [-0.2, -0.15) is 8.78 Å². The summed E-state index contributed by atoms with van der Waals surface area (Å²) in [7, 11) is 0. The van der Waals surface area contributed by atoms with Crippen molar-refractivity contribution in [2.75, 3.05) is 0 Å². The van der Waals surface area contributed by atoms with E-state index in [1.807, 2.05) is 0 Å². The van der Waals surface area contributed by atoms with Crippen molar-refractivity contribution in [3.63, 3.8) is 0 Å². The Balaban J connectivity index is 2.62. The summed E-state index contributed by atoms with van der Waals surface area (Å²) in [6, 6.07) is 6.01. The van der Waals surface area contributed by atoms with Crippen LogP contribution in [0.2, 0.25) is 15.1 Å². The highest BCUT2D eigenvalue weighted by atomic mass is 35.5. The van der Waals surface area contributed by atoms with Gasteiger partial charge < -0.3 is 4.74 Å². The molecule has 0 bridgehead atoms. The van der Waals surface area contributed by atoms with Crippen molar-refractivity contribution in [2.24, 2.45) is 0 Å². The number of ether oxygens (including phenoxy) is 1. The summed E-state index contributed by atoms with van der Waals surface area (Å²) in [4.78, 5) is 0. The minimum Gasteiger partial charge on any atom is -0.434 e. The van der Waals surface area contributed by atoms with Gasteiger partial charge in [0, 0.05) is 11.1 Å². The van der Waals surface area contributed by atoms with E-state index >= 15 is 0 Å². The normalized spacial score (nSPS) is 10.9. The molecule has 0 radical (unpaired) electrons. The van der Waals surface area contributed by atoms with Crippen molar-refractivity contribution in [3.05, 3.63) is 51.2 Å². The van der Waals surface area contributed by atoms with Gasteiger partial charge in [0.05, 0.1) is 15.1 Å². The predicted molar refractivity (Wildman–Crippen MR) is 73.5 cm³/mol. The van der Waals surface area contributed by atoms with Gasteiger partial charge in [0.25, 0.3) is 0 Å². The summed E-state index contributed by atoms with van der Waals surface area (Å²) in [5.41, 5.74) is 0.310. The van der Waals surface area contributed by atoms with Gasteiger partial charge in [0.2, 0.25) is 0 Å². The fourth-order valence-corrected chi connectivity index (χ4v) is 2.28. The molecule has 1 nitrogen and oxygen atoms in total. The molecule has 0 aliphatic carbocycles. The molecule has 7 heteroatoms. The Morgan fingerprint density at radius 1 is 0.900 bits per heavy atom. The molecule has 0 aliphatic rings. The van der Waals surface area contributed by atoms with Crippen molar-refractivity contribution in [2.45, 2.75) is 6.61 Å². The minimum absolute atomic E-state index is 0.0314. The summed E-state index contributed by atoms with van der Waals surface area (Å²) in [6.07, 6.45) is 0. The van der Waals surface area contributed by atoms with Crippen molar-refractivity contribution in [3.8, 4) is 16.9 Å². The van der Waals surface area contributed by atoms with Gasteiger partial charge in [-0.15, -0.1) is 0 Å². The fraction of sp³-hybridized carbons (Fsp3) is 0.0769. The van der Waals surface area contributed by atoms with Crippen LogP contribution in [0.25, 0.3) is 11.1 Å². The zero-order chi connectivity index (χ0) is 14.9. The molecule has 0 saturated heterocycles. The van der Waals surface area contributed by atoms with Crippen LogP contribution in [0, 0.1) is 5.82 Å². The molecule has 0 aromatic heterocycles. The summed E-state index contributed by atoms with van der Waals surface area (Å²) >= 11 is 17.7. The van der Waals surface area contributed by atoms with E-state index in [9.17, 15) is 13.2 Å². The maximum atomic E-state index is 13.3. The Hall–Kier alpha value is -1.10. The maximum absolute atomic E-state index is 13.3. The highest BCUT2D eigenvalue weighted by molar-refractivity contribution is 6.49. The van der Waals surface area contributed by atoms with Crippen LogP contribution in [0.5, 0.6) is 5.75 Å². The molecule has 20 heavy (non-hydrogen) atoms. The van der Waals surface area contributed by atoms with Gasteiger partial charge in [-0.25, -0.2) is 4.39 Å². The Kier molecular flexibility index (Phi) is 4.68. The van der Waals surface area contributed by atoms with E-state index in [1.54, 1.807) is 0 Å². The Bertz CT molecular complexity index is 647. The quantitative estimate of drug-likeness (QED) is 0.617. The zero-order valence-electron chi connectivity index (χ0n) is 9.64. The van der Waals surface area contributed by atoms with E-state index in [-0.39, 0.29) is 31.9 Å². The Morgan fingerprint density at radius 3 is 2.25 bits per heavy atom. The summed E-state index contributed by atoms with van der Waals surface area (Å²) in [6.45, 7) is -3.04. The zero-order valence-corrected chi connectivity index (χ0v) is 11.9. The van der Waals surface area contributed by atoms with E-state index in [1.165, 1.54) is 12.1 Å². The first-order valence-electron chi connectivity index (χ1n) is 5.28. The second-order valence-electron chi connectivity index (χ2n) is 3.74. The van der Waals surface area contributed by atoms with Crippen molar-refractivity contribution in [1.82, 2.24) is 0 Å². The smallest absolute Gasteiger partial charge is 0.387 e. The Morgan fingerprint density at radius 2 is 1.60 bits per heavy atom. The predicted octanol–water partition coefficient (Wildman–Crippen LogP) is 6.05. The molecule has 0 saturated carbocycles. The van der Waals surface area contributed by atoms with Gasteiger partial charge in [-0.1, -0.05) is 40.9 Å². The summed E-state index contributed by atoms with van der Waals surface area (Å²) in [5.74, 6) is -0.828. The van der Waals surface area contributed by atoms with E-state index in [2.05, 4.69) is 4.74 Å². The lowest BCUT2D eigenvalue weighted by atomic mass is 10.0. The van der Waals surface area contributed by atoms with Crippen LogP contribution in [0.3, 0.4) is 0 Å². The standard InChI is InChI=1S/C13H6Cl3F3O/c14-9-3-2-7(11(15)12(9)16)8-5-6(17)1-4-10(8)20-13(18)19/h1-5,13H. The molecule has 2 aromatic rings. The lowest BCUT2D eigenvalue weighted by Gasteiger charge is -2.13. The molecule has 0 spiro atoms. The van der Waals surface area contributed by atoms with E-state index in [4.69, 9.17) is 34.8 Å². The number of benzene rings is 2. The lowest BCUT2D eigenvalue weighted by Crippen LogP contribution is -2.03. The van der Waals surface area contributed by atoms with E-state index < -0.39 is 12.4 Å². The SMILES string of the molecule is Fc1ccc(OC(F)F)c(-c2ccc(Cl)c(Cl)c2Cl)c1. The molecule has 106 valence electrons. The summed E-state index contributed by atoms with van der Waals surface area (Å²) in [5, 5.41) is 0.287. The monoisotopic (exact) mass is 340 g/mol. The molecule has 0 atom stereocenters. The first-order valence-corrected chi connectivity index (χ1v) is 6.41. The molecular weight excluding hydrogens is 335 g/mol. The highest BCUT2D eigenvalue weighted by Gasteiger charge is 2.17. The first kappa shape index (κ1) is 15.3. The van der Waals surface area contributed by atoms with Gasteiger partial charge in [0.15, 0.2) is 0 Å². The fourth-order valence-electron chi connectivity index (χ4n) is 1.65. The molecule has 0 fully saturated rings. The number of rotatable bonds is 3. The Labute approximate surface area is 127 Å². The van der Waals surface area contributed by atoms with Gasteiger partial charge in [-0.3, -0.25) is 0 Å². The molecule has 0 amide bonds. The number of halogens is 6. The van der Waals surface area contributed by atoms with Crippen LogP contribution < -0.4 is 4.74 Å². The second kappa shape index (κ2) is 6.12. The third-order valence-electron chi connectivity index (χ3n) is 2.48. The molecule has 2 rings (SSSR count). The minimum atomic E-state index is -3.04. The third-order valence-corrected chi connectivity index (χ3v) is 3.78. The van der Waals surface area contributed by atoms with Gasteiger partial charge in [-0.05, 0) is 24.3 Å². The number of alkyl halides is 2. The molecule has 2 aromatic carbocycles. The third kappa shape index (κ3) is 3.14. The molecule has 0 aliphatic heterocycles. The molecule has 0 N–H and O–H groups in total. The molecular formula is C13H6Cl3F3O. The van der Waals surface area contributed by atoms with Crippen LogP contribution in [0.15, 0.2) is 30.3 Å². The van der Waals surface area contributed by atoms with E-state index in [0.717, 1.165) is 18.2 Å². The van der Waals surface area contributed by atoms with Gasteiger partial charge in [0.1, 0.15) is 11.6 Å². The van der Waals surface area contributed by atoms with Crippen LogP contribution in [0.4, 0.5) is 13.2 Å². The highest BCUT2D eigenvalue weighted by Crippen LogP contribution is 2.41. The number of hydrogen-bond donors (Lipinski definition) is 0. The van der Waals surface area contributed by atoms with Crippen LogP contribution in [-0.2, 0) is 0 Å². The van der Waals surface area contributed by atoms with Crippen molar-refractivity contribution in [1.29, 1.82) is 0 Å². The van der Waals surface area contributed by atoms with Crippen LogP contribution in [0.1, 0.15) is 0 Å². The maximum Gasteiger partial charge on any atom is 0.387 e. The first-order chi connectivity index (χ1) is 9.40. The molecule has 0 unspecified atom stereocenters. The number of hydrogen-bond acceptors (Lipinski definition) is 1. The van der Waals surface area contributed by atoms with Gasteiger partial charge >= 0.3 is 6.61 Å². The average Bonchev–Trinajstić information content (AvgIpc) is 2.38. The van der Waals surface area contributed by atoms with Crippen molar-refractivity contribution >= 4 is 34.8 Å². The average molecular weight is 342 g/mol. The lowest BCUT2D eigenvalue weighted by molar-refractivity contribution is -0.0494. The largest absolute Gasteiger partial charge is 0.434 e. The van der Waals surface area contributed by atoms with E-state index in [0.29, 0.717) is 0 Å². The van der Waals surface area contributed by atoms with Crippen LogP contribution in [-0.4, -0.2) is 6.61 Å². The molecule has 0 heterocycles. The summed E-state index contributed by atoms with van der Waals surface area (Å²) < 4.78 is 42.4. The second-order valence-corrected chi connectivity index (χ2v) is 4.91.